The van der Waals surface area contributed by atoms with Gasteiger partial charge in [-0.3, -0.25) is 14.5 Å². The normalized spacial score (nSPS) is 22.0. The van der Waals surface area contributed by atoms with Crippen LogP contribution in [0.1, 0.15) is 42.5 Å². The molecule has 2 fully saturated rings. The molecule has 4 rings (SSSR count). The molecule has 7 heteroatoms. The molecule has 6 nitrogen and oxygen atoms in total. The van der Waals surface area contributed by atoms with E-state index in [-0.39, 0.29) is 18.5 Å². The molecule has 1 aliphatic carbocycles. The number of nitrogens with one attached hydrogen (secondary N) is 2. The smallest absolute Gasteiger partial charge is 0.325 e. The summed E-state index contributed by atoms with van der Waals surface area (Å²) in [6.07, 6.45) is 2.12. The Balaban J connectivity index is 1.49. The van der Waals surface area contributed by atoms with Crippen molar-refractivity contribution >= 4 is 33.8 Å². The molecule has 0 spiro atoms. The van der Waals surface area contributed by atoms with Crippen molar-refractivity contribution in [2.45, 2.75) is 38.3 Å². The zero-order valence-electron chi connectivity index (χ0n) is 16.9. The van der Waals surface area contributed by atoms with Crippen molar-refractivity contribution in [2.75, 3.05) is 6.54 Å². The van der Waals surface area contributed by atoms with E-state index in [2.05, 4.69) is 26.6 Å². The zero-order chi connectivity index (χ0) is 21.5. The predicted molar refractivity (Wildman–Crippen MR) is 117 cm³/mol. The molecule has 2 aliphatic rings. The van der Waals surface area contributed by atoms with Gasteiger partial charge in [0.2, 0.25) is 5.91 Å². The Hall–Kier alpha value is -2.67. The highest BCUT2D eigenvalue weighted by molar-refractivity contribution is 9.10. The second-order valence-electron chi connectivity index (χ2n) is 8.22. The Morgan fingerprint density at radius 3 is 2.50 bits per heavy atom. The minimum atomic E-state index is -1.22. The van der Waals surface area contributed by atoms with Crippen LogP contribution in [0.25, 0.3) is 0 Å². The Kier molecular flexibility index (Phi) is 5.40. The van der Waals surface area contributed by atoms with E-state index in [0.29, 0.717) is 11.5 Å². The second-order valence-corrected chi connectivity index (χ2v) is 9.07. The summed E-state index contributed by atoms with van der Waals surface area (Å²) in [5.74, 6) is -0.384. The second kappa shape index (κ2) is 7.87. The average Bonchev–Trinajstić information content (AvgIpc) is 3.52. The number of hydrogen-bond acceptors (Lipinski definition) is 3. The van der Waals surface area contributed by atoms with E-state index < -0.39 is 17.5 Å². The third kappa shape index (κ3) is 3.86. The largest absolute Gasteiger partial charge is 0.347 e. The number of aryl methyl sites for hydroxylation is 1. The lowest BCUT2D eigenvalue weighted by molar-refractivity contribution is -0.135. The first kappa shape index (κ1) is 20.6. The molecule has 0 radical (unpaired) electrons. The molecule has 156 valence electrons. The van der Waals surface area contributed by atoms with Crippen LogP contribution in [0.3, 0.4) is 0 Å². The highest BCUT2D eigenvalue weighted by Crippen LogP contribution is 2.41. The van der Waals surface area contributed by atoms with E-state index >= 15 is 0 Å². The number of carbonyl (C=O) groups is 3. The summed E-state index contributed by atoms with van der Waals surface area (Å²) < 4.78 is 0.723. The molecule has 2 aromatic carbocycles. The van der Waals surface area contributed by atoms with E-state index in [1.54, 1.807) is 13.0 Å². The maximum absolute atomic E-state index is 13.1. The lowest BCUT2D eigenvalue weighted by atomic mass is 9.92. The van der Waals surface area contributed by atoms with Gasteiger partial charge in [0.1, 0.15) is 12.1 Å². The average molecular weight is 470 g/mol. The van der Waals surface area contributed by atoms with Gasteiger partial charge >= 0.3 is 6.03 Å². The molecule has 1 saturated carbocycles. The first-order valence-corrected chi connectivity index (χ1v) is 10.8. The number of imide groups is 1. The Morgan fingerprint density at radius 2 is 1.87 bits per heavy atom. The Labute approximate surface area is 184 Å². The minimum Gasteiger partial charge on any atom is -0.347 e. The summed E-state index contributed by atoms with van der Waals surface area (Å²) in [5, 5.41) is 5.79. The van der Waals surface area contributed by atoms with E-state index in [4.69, 9.17) is 0 Å². The first-order valence-electron chi connectivity index (χ1n) is 10.0. The summed E-state index contributed by atoms with van der Waals surface area (Å²) in [6, 6.07) is 14.7. The number of benzene rings is 2. The van der Waals surface area contributed by atoms with Crippen molar-refractivity contribution in [3.63, 3.8) is 0 Å². The van der Waals surface area contributed by atoms with Gasteiger partial charge < -0.3 is 10.6 Å². The highest BCUT2D eigenvalue weighted by Gasteiger charge is 2.50. The fourth-order valence-corrected chi connectivity index (χ4v) is 4.61. The van der Waals surface area contributed by atoms with E-state index in [0.717, 1.165) is 33.3 Å². The monoisotopic (exact) mass is 469 g/mol. The molecule has 2 atom stereocenters. The number of halogens is 1. The maximum Gasteiger partial charge on any atom is 0.325 e. The number of nitrogens with zero attached hydrogens (tertiary/aromatic N) is 1. The van der Waals surface area contributed by atoms with Crippen molar-refractivity contribution < 1.29 is 14.4 Å². The molecular weight excluding hydrogens is 446 g/mol. The molecule has 1 aliphatic heterocycles. The van der Waals surface area contributed by atoms with Gasteiger partial charge in [-0.2, -0.15) is 0 Å². The number of carbonyl (C=O) groups excluding carboxylic acids is 3. The number of hydrogen-bond donors (Lipinski definition) is 2. The molecule has 0 aromatic heterocycles. The van der Waals surface area contributed by atoms with Crippen LogP contribution in [0.5, 0.6) is 0 Å². The molecule has 2 aromatic rings. The first-order chi connectivity index (χ1) is 14.3. The van der Waals surface area contributed by atoms with Gasteiger partial charge in [-0.15, -0.1) is 0 Å². The van der Waals surface area contributed by atoms with Gasteiger partial charge in [-0.05, 0) is 44.2 Å². The van der Waals surface area contributed by atoms with Crippen molar-refractivity contribution in [1.82, 2.24) is 15.5 Å². The van der Waals surface area contributed by atoms with E-state index in [1.807, 2.05) is 49.4 Å². The van der Waals surface area contributed by atoms with Crippen LogP contribution < -0.4 is 10.6 Å². The third-order valence-corrected chi connectivity index (χ3v) is 6.53. The summed E-state index contributed by atoms with van der Waals surface area (Å²) in [5.41, 5.74) is 1.64. The SMILES string of the molecule is Cc1ccc(C(NC(=O)CN2C(=O)NC(C)(c3ccccc3Br)C2=O)C2CC2)cc1. The molecule has 2 N–H and O–H groups in total. The topological polar surface area (TPSA) is 78.5 Å². The molecule has 2 unspecified atom stereocenters. The number of amides is 4. The standard InChI is InChI=1S/C23H24BrN3O3/c1-14-7-9-15(10-8-14)20(16-11-12-16)25-19(28)13-27-21(29)23(2,26-22(27)30)17-5-3-4-6-18(17)24/h3-10,16,20H,11-13H2,1-2H3,(H,25,28)(H,26,30). The Bertz CT molecular complexity index is 1000. The molecular formula is C23H24BrN3O3. The lowest BCUT2D eigenvalue weighted by Crippen LogP contribution is -2.44. The van der Waals surface area contributed by atoms with Gasteiger partial charge in [0.25, 0.3) is 5.91 Å². The Morgan fingerprint density at radius 1 is 1.20 bits per heavy atom. The van der Waals surface area contributed by atoms with Crippen molar-refractivity contribution in [3.8, 4) is 0 Å². The van der Waals surface area contributed by atoms with Gasteiger partial charge in [0.05, 0.1) is 6.04 Å². The van der Waals surface area contributed by atoms with Crippen molar-refractivity contribution in [1.29, 1.82) is 0 Å². The van der Waals surface area contributed by atoms with Crippen LogP contribution in [0.15, 0.2) is 53.0 Å². The van der Waals surface area contributed by atoms with Gasteiger partial charge in [0, 0.05) is 10.0 Å². The molecule has 4 amide bonds. The van der Waals surface area contributed by atoms with Crippen LogP contribution in [-0.2, 0) is 15.1 Å². The summed E-state index contributed by atoms with van der Waals surface area (Å²) >= 11 is 3.44. The van der Waals surface area contributed by atoms with Crippen molar-refractivity contribution in [3.05, 3.63) is 69.7 Å². The summed E-state index contributed by atoms with van der Waals surface area (Å²) in [7, 11) is 0. The summed E-state index contributed by atoms with van der Waals surface area (Å²) in [4.78, 5) is 39.5. The van der Waals surface area contributed by atoms with E-state index in [9.17, 15) is 14.4 Å². The van der Waals surface area contributed by atoms with Crippen LogP contribution in [-0.4, -0.2) is 29.3 Å². The van der Waals surface area contributed by atoms with Gasteiger partial charge in [0.15, 0.2) is 0 Å². The van der Waals surface area contributed by atoms with Crippen molar-refractivity contribution in [2.24, 2.45) is 5.92 Å². The molecule has 0 bridgehead atoms. The lowest BCUT2D eigenvalue weighted by Gasteiger charge is -2.24. The summed E-state index contributed by atoms with van der Waals surface area (Å²) in [6.45, 7) is 3.37. The fourth-order valence-electron chi connectivity index (χ4n) is 3.93. The van der Waals surface area contributed by atoms with Crippen LogP contribution in [0.4, 0.5) is 4.79 Å². The zero-order valence-corrected chi connectivity index (χ0v) is 18.5. The van der Waals surface area contributed by atoms with Crippen LogP contribution in [0.2, 0.25) is 0 Å². The quantitative estimate of drug-likeness (QED) is 0.631. The van der Waals surface area contributed by atoms with Crippen LogP contribution in [0, 0.1) is 12.8 Å². The maximum atomic E-state index is 13.1. The highest BCUT2D eigenvalue weighted by atomic mass is 79.9. The molecule has 30 heavy (non-hydrogen) atoms. The van der Waals surface area contributed by atoms with E-state index in [1.165, 1.54) is 0 Å². The molecule has 1 heterocycles. The fraction of sp³-hybridized carbons (Fsp3) is 0.348. The molecule has 1 saturated heterocycles. The van der Waals surface area contributed by atoms with Gasteiger partial charge in [-0.1, -0.05) is 64.0 Å². The van der Waals surface area contributed by atoms with Gasteiger partial charge in [-0.25, -0.2) is 4.79 Å². The predicted octanol–water partition coefficient (Wildman–Crippen LogP) is 3.79. The minimum absolute atomic E-state index is 0.103. The number of rotatable bonds is 6. The third-order valence-electron chi connectivity index (χ3n) is 5.84. The number of urea groups is 1. The van der Waals surface area contributed by atoms with Crippen LogP contribution >= 0.6 is 15.9 Å².